The van der Waals surface area contributed by atoms with Gasteiger partial charge in [0.05, 0.1) is 0 Å². The van der Waals surface area contributed by atoms with Crippen molar-refractivity contribution in [2.45, 2.75) is 43.7 Å². The number of rotatable bonds is 2. The van der Waals surface area contributed by atoms with Gasteiger partial charge in [0, 0.05) is 17.5 Å². The van der Waals surface area contributed by atoms with E-state index in [1.165, 1.54) is 0 Å². The third kappa shape index (κ3) is 2.29. The average Bonchev–Trinajstić information content (AvgIpc) is 2.31. The summed E-state index contributed by atoms with van der Waals surface area (Å²) in [4.78, 5) is 0. The summed E-state index contributed by atoms with van der Waals surface area (Å²) in [5, 5.41) is 9.94. The minimum atomic E-state index is -1.08. The molecule has 0 aromatic heterocycles. The second kappa shape index (κ2) is 4.30. The number of halogens is 1. The van der Waals surface area contributed by atoms with Crippen molar-refractivity contribution in [1.82, 2.24) is 0 Å². The summed E-state index contributed by atoms with van der Waals surface area (Å²) < 4.78 is 13.9. The maximum atomic E-state index is 13.9. The molecule has 1 saturated carbocycles. The van der Waals surface area contributed by atoms with E-state index in [1.54, 1.807) is 19.1 Å². The van der Waals surface area contributed by atoms with Gasteiger partial charge in [0.15, 0.2) is 0 Å². The molecule has 1 aliphatic rings. The summed E-state index contributed by atoms with van der Waals surface area (Å²) in [6.45, 7) is 2.11. The number of phenolic OH excluding ortho intramolecular Hbond substituents is 1. The summed E-state index contributed by atoms with van der Waals surface area (Å²) in [6.07, 6.45) is 2.43. The van der Waals surface area contributed by atoms with E-state index in [0.29, 0.717) is 32.2 Å². The Morgan fingerprint density at radius 1 is 1.24 bits per heavy atom. The Morgan fingerprint density at radius 2 is 1.82 bits per heavy atom. The number of benzene rings is 1. The summed E-state index contributed by atoms with van der Waals surface area (Å²) in [6, 6.07) is 7.28. The van der Waals surface area contributed by atoms with E-state index in [9.17, 15) is 9.50 Å². The zero-order chi connectivity index (χ0) is 12.5. The number of nitrogens with two attached hydrogens (primary N) is 1. The highest BCUT2D eigenvalue weighted by Crippen LogP contribution is 2.46. The topological polar surface area (TPSA) is 46.2 Å². The minimum absolute atomic E-state index is 0.253. The van der Waals surface area contributed by atoms with E-state index < -0.39 is 5.67 Å². The first-order valence-electron chi connectivity index (χ1n) is 6.17. The van der Waals surface area contributed by atoms with Crippen LogP contribution in [0.15, 0.2) is 24.3 Å². The van der Waals surface area contributed by atoms with Crippen molar-refractivity contribution in [1.29, 1.82) is 0 Å². The highest BCUT2D eigenvalue weighted by atomic mass is 19.1. The Balaban J connectivity index is 2.31. The van der Waals surface area contributed by atoms with Crippen LogP contribution >= 0.6 is 0 Å². The predicted molar refractivity (Wildman–Crippen MR) is 66.8 cm³/mol. The van der Waals surface area contributed by atoms with Crippen molar-refractivity contribution >= 4 is 0 Å². The van der Waals surface area contributed by atoms with Crippen LogP contribution in [0.4, 0.5) is 4.39 Å². The van der Waals surface area contributed by atoms with Crippen molar-refractivity contribution in [3.05, 3.63) is 29.8 Å². The molecule has 1 aromatic carbocycles. The van der Waals surface area contributed by atoms with E-state index in [-0.39, 0.29) is 11.2 Å². The van der Waals surface area contributed by atoms with Gasteiger partial charge in [0.1, 0.15) is 11.4 Å². The molecule has 0 atom stereocenters. The van der Waals surface area contributed by atoms with Crippen LogP contribution in [0.25, 0.3) is 0 Å². The van der Waals surface area contributed by atoms with Crippen LogP contribution in [0.5, 0.6) is 5.75 Å². The lowest BCUT2D eigenvalue weighted by atomic mass is 9.66. The summed E-state index contributed by atoms with van der Waals surface area (Å²) in [7, 11) is 0. The van der Waals surface area contributed by atoms with Crippen molar-refractivity contribution in [2.24, 2.45) is 5.73 Å². The van der Waals surface area contributed by atoms with Gasteiger partial charge in [-0.1, -0.05) is 18.2 Å². The van der Waals surface area contributed by atoms with Crippen molar-refractivity contribution < 1.29 is 9.50 Å². The zero-order valence-corrected chi connectivity index (χ0v) is 10.2. The van der Waals surface area contributed by atoms with Gasteiger partial charge in [-0.25, -0.2) is 4.39 Å². The monoisotopic (exact) mass is 237 g/mol. The van der Waals surface area contributed by atoms with E-state index in [0.717, 1.165) is 5.56 Å². The first-order valence-corrected chi connectivity index (χ1v) is 6.17. The fourth-order valence-corrected chi connectivity index (χ4v) is 2.76. The van der Waals surface area contributed by atoms with Crippen molar-refractivity contribution in [3.8, 4) is 5.75 Å². The van der Waals surface area contributed by atoms with Gasteiger partial charge in [-0.2, -0.15) is 0 Å². The van der Waals surface area contributed by atoms with Crippen molar-refractivity contribution in [2.75, 3.05) is 6.54 Å². The smallest absolute Gasteiger partial charge is 0.119 e. The number of aromatic hydroxyl groups is 1. The highest BCUT2D eigenvalue weighted by molar-refractivity contribution is 5.39. The Hall–Kier alpha value is -1.09. The first-order chi connectivity index (χ1) is 7.99. The van der Waals surface area contributed by atoms with Crippen LogP contribution in [0, 0.1) is 0 Å². The van der Waals surface area contributed by atoms with Gasteiger partial charge >= 0.3 is 0 Å². The molecule has 0 bridgehead atoms. The molecular formula is C14H20FNO. The van der Waals surface area contributed by atoms with E-state index >= 15 is 0 Å². The lowest BCUT2D eigenvalue weighted by Crippen LogP contribution is -2.42. The Morgan fingerprint density at radius 3 is 2.35 bits per heavy atom. The molecule has 2 rings (SSSR count). The molecule has 17 heavy (non-hydrogen) atoms. The summed E-state index contributed by atoms with van der Waals surface area (Å²) >= 11 is 0. The molecule has 1 aliphatic carbocycles. The van der Waals surface area contributed by atoms with Crippen LogP contribution in [0.1, 0.15) is 38.2 Å². The van der Waals surface area contributed by atoms with Crippen molar-refractivity contribution in [3.63, 3.8) is 0 Å². The second-order valence-corrected chi connectivity index (χ2v) is 5.41. The largest absolute Gasteiger partial charge is 0.508 e. The molecule has 0 radical (unpaired) electrons. The van der Waals surface area contributed by atoms with Gasteiger partial charge in [-0.05, 0) is 38.7 Å². The molecule has 1 fully saturated rings. The molecule has 0 amide bonds. The molecule has 0 spiro atoms. The van der Waals surface area contributed by atoms with Gasteiger partial charge in [-0.3, -0.25) is 0 Å². The molecular weight excluding hydrogens is 217 g/mol. The molecule has 3 N–H and O–H groups in total. The Kier molecular flexibility index (Phi) is 3.13. The average molecular weight is 237 g/mol. The molecule has 1 aromatic rings. The number of para-hydroxylation sites is 1. The van der Waals surface area contributed by atoms with E-state index in [2.05, 4.69) is 0 Å². The lowest BCUT2D eigenvalue weighted by molar-refractivity contribution is 0.0895. The molecule has 0 unspecified atom stereocenters. The van der Waals surface area contributed by atoms with Crippen LogP contribution in [-0.4, -0.2) is 17.3 Å². The van der Waals surface area contributed by atoms with E-state index in [1.807, 2.05) is 12.1 Å². The fourth-order valence-electron chi connectivity index (χ4n) is 2.76. The molecule has 0 aliphatic heterocycles. The molecule has 94 valence electrons. The van der Waals surface area contributed by atoms with Crippen LogP contribution < -0.4 is 5.73 Å². The number of alkyl halides is 1. The third-order valence-electron chi connectivity index (χ3n) is 4.12. The molecule has 0 saturated heterocycles. The SMILES string of the molecule is CC1(F)CCC(CN)(c2ccccc2O)CC1. The number of hydrogen-bond donors (Lipinski definition) is 2. The molecule has 2 nitrogen and oxygen atoms in total. The van der Waals surface area contributed by atoms with Gasteiger partial charge in [-0.15, -0.1) is 0 Å². The Bertz CT molecular complexity index is 393. The first kappa shape index (κ1) is 12.4. The number of phenols is 1. The highest BCUT2D eigenvalue weighted by Gasteiger charge is 2.41. The molecule has 0 heterocycles. The van der Waals surface area contributed by atoms with Crippen LogP contribution in [0.3, 0.4) is 0 Å². The lowest BCUT2D eigenvalue weighted by Gasteiger charge is -2.41. The van der Waals surface area contributed by atoms with Gasteiger partial charge < -0.3 is 10.8 Å². The summed E-state index contributed by atoms with van der Waals surface area (Å²) in [5.74, 6) is 0.278. The minimum Gasteiger partial charge on any atom is -0.508 e. The fraction of sp³-hybridized carbons (Fsp3) is 0.571. The van der Waals surface area contributed by atoms with Gasteiger partial charge in [0.25, 0.3) is 0 Å². The maximum Gasteiger partial charge on any atom is 0.119 e. The second-order valence-electron chi connectivity index (χ2n) is 5.41. The van der Waals surface area contributed by atoms with E-state index in [4.69, 9.17) is 5.73 Å². The predicted octanol–water partition coefficient (Wildman–Crippen LogP) is 2.89. The van der Waals surface area contributed by atoms with Crippen LogP contribution in [-0.2, 0) is 5.41 Å². The quantitative estimate of drug-likeness (QED) is 0.830. The number of hydrogen-bond acceptors (Lipinski definition) is 2. The normalized spacial score (nSPS) is 33.6. The third-order valence-corrected chi connectivity index (χ3v) is 4.12. The van der Waals surface area contributed by atoms with Gasteiger partial charge in [0.2, 0.25) is 0 Å². The van der Waals surface area contributed by atoms with Crippen LogP contribution in [0.2, 0.25) is 0 Å². The maximum absolute atomic E-state index is 13.9. The Labute approximate surface area is 102 Å². The standard InChI is InChI=1S/C14H20FNO/c1-13(15)6-8-14(10-16,9-7-13)11-4-2-3-5-12(11)17/h2-5,17H,6-10,16H2,1H3. The summed E-state index contributed by atoms with van der Waals surface area (Å²) in [5.41, 5.74) is 5.43. The molecule has 3 heteroatoms. The zero-order valence-electron chi connectivity index (χ0n) is 10.2.